The first-order valence-corrected chi connectivity index (χ1v) is 9.44. The molecule has 1 N–H and O–H groups in total. The molecule has 1 aliphatic heterocycles. The molecule has 2 nitrogen and oxygen atoms in total. The van der Waals surface area contributed by atoms with Crippen LogP contribution in [-0.4, -0.2) is 17.9 Å². The number of nitrogens with zero attached hydrogens (tertiary/aromatic N) is 1. The molecule has 1 heterocycles. The van der Waals surface area contributed by atoms with E-state index < -0.39 is 0 Å². The highest BCUT2D eigenvalue weighted by molar-refractivity contribution is 5.83. The number of unbranched alkanes of at least 4 members (excludes halogenated alkanes) is 1. The number of aliphatic hydroxyl groups excluding tert-OH is 1. The van der Waals surface area contributed by atoms with Crippen molar-refractivity contribution in [3.8, 4) is 0 Å². The first kappa shape index (κ1) is 21.1. The van der Waals surface area contributed by atoms with Crippen molar-refractivity contribution in [2.24, 2.45) is 4.99 Å². The van der Waals surface area contributed by atoms with E-state index in [1.807, 2.05) is 20.1 Å². The van der Waals surface area contributed by atoms with E-state index in [0.717, 1.165) is 19.3 Å². The van der Waals surface area contributed by atoms with Gasteiger partial charge in [-0.05, 0) is 60.6 Å². The Balaban J connectivity index is 0.000000388. The van der Waals surface area contributed by atoms with Gasteiger partial charge in [-0.25, -0.2) is 0 Å². The van der Waals surface area contributed by atoms with Gasteiger partial charge in [0.15, 0.2) is 0 Å². The molecule has 0 radical (unpaired) electrons. The molecular weight excluding hydrogens is 306 g/mol. The van der Waals surface area contributed by atoms with Gasteiger partial charge in [0.2, 0.25) is 0 Å². The van der Waals surface area contributed by atoms with Crippen LogP contribution in [0.2, 0.25) is 0 Å². The second-order valence-electron chi connectivity index (χ2n) is 6.12. The van der Waals surface area contributed by atoms with Gasteiger partial charge in [0, 0.05) is 12.8 Å². The maximum Gasteiger partial charge on any atom is 0.0789 e. The Morgan fingerprint density at radius 2 is 1.68 bits per heavy atom. The highest BCUT2D eigenvalue weighted by Crippen LogP contribution is 2.28. The van der Waals surface area contributed by atoms with Gasteiger partial charge in [-0.3, -0.25) is 4.99 Å². The number of aliphatic hydroxyl groups is 1. The molecule has 0 fully saturated rings. The third-order valence-corrected chi connectivity index (χ3v) is 4.26. The van der Waals surface area contributed by atoms with Gasteiger partial charge in [-0.1, -0.05) is 63.6 Å². The standard InChI is InChI=1S/C17H17N.C4H10O.C2H6/c1-12-8-15-10-17(14-6-4-3-5-7-14)18-11-16(15)9-13(12)2;1-2-3-4-5;1-2/h3-9,11,17H,10H2,1-2H3;5H,2-4H2,1H3;1-2H3. The maximum atomic E-state index is 8.07. The summed E-state index contributed by atoms with van der Waals surface area (Å²) in [6.45, 7) is 10.7. The van der Waals surface area contributed by atoms with Crippen LogP contribution in [0.25, 0.3) is 0 Å². The molecule has 0 bridgehead atoms. The number of benzene rings is 2. The zero-order valence-corrected chi connectivity index (χ0v) is 16.4. The van der Waals surface area contributed by atoms with E-state index in [9.17, 15) is 0 Å². The molecule has 25 heavy (non-hydrogen) atoms. The predicted octanol–water partition coefficient (Wildman–Crippen LogP) is 5.82. The molecule has 3 rings (SSSR count). The van der Waals surface area contributed by atoms with Crippen molar-refractivity contribution in [3.05, 3.63) is 70.3 Å². The molecule has 0 amide bonds. The Morgan fingerprint density at radius 3 is 2.24 bits per heavy atom. The zero-order chi connectivity index (χ0) is 18.7. The molecule has 0 saturated carbocycles. The van der Waals surface area contributed by atoms with E-state index in [1.165, 1.54) is 27.8 Å². The number of aliphatic imine (C=N–C) groups is 1. The van der Waals surface area contributed by atoms with Crippen LogP contribution in [-0.2, 0) is 6.42 Å². The van der Waals surface area contributed by atoms with Crippen LogP contribution in [0, 0.1) is 13.8 Å². The Morgan fingerprint density at radius 1 is 1.04 bits per heavy atom. The van der Waals surface area contributed by atoms with E-state index in [4.69, 9.17) is 5.11 Å². The molecule has 1 aliphatic rings. The second kappa shape index (κ2) is 11.6. The number of hydrogen-bond donors (Lipinski definition) is 1. The fourth-order valence-electron chi connectivity index (χ4n) is 2.66. The summed E-state index contributed by atoms with van der Waals surface area (Å²) in [5.41, 5.74) is 6.72. The lowest BCUT2D eigenvalue weighted by atomic mass is 9.91. The van der Waals surface area contributed by atoms with E-state index in [1.54, 1.807) is 0 Å². The van der Waals surface area contributed by atoms with Gasteiger partial charge in [-0.15, -0.1) is 0 Å². The van der Waals surface area contributed by atoms with Gasteiger partial charge in [0.25, 0.3) is 0 Å². The van der Waals surface area contributed by atoms with Crippen LogP contribution in [0.5, 0.6) is 0 Å². The van der Waals surface area contributed by atoms with Gasteiger partial charge in [0.05, 0.1) is 6.04 Å². The van der Waals surface area contributed by atoms with Crippen molar-refractivity contribution < 1.29 is 5.11 Å². The van der Waals surface area contributed by atoms with Crippen molar-refractivity contribution in [2.75, 3.05) is 6.61 Å². The van der Waals surface area contributed by atoms with Crippen LogP contribution in [0.4, 0.5) is 0 Å². The minimum absolute atomic E-state index is 0.279. The van der Waals surface area contributed by atoms with Crippen LogP contribution in [0.15, 0.2) is 47.5 Å². The lowest BCUT2D eigenvalue weighted by Crippen LogP contribution is -2.09. The third kappa shape index (κ3) is 6.47. The molecule has 136 valence electrons. The van der Waals surface area contributed by atoms with E-state index >= 15 is 0 Å². The molecule has 0 aromatic heterocycles. The fraction of sp³-hybridized carbons (Fsp3) is 0.435. The average Bonchev–Trinajstić information content (AvgIpc) is 2.66. The van der Waals surface area contributed by atoms with Crippen LogP contribution in [0.1, 0.15) is 67.5 Å². The molecule has 0 saturated heterocycles. The van der Waals surface area contributed by atoms with E-state index in [-0.39, 0.29) is 6.04 Å². The van der Waals surface area contributed by atoms with E-state index in [0.29, 0.717) is 6.61 Å². The number of hydrogen-bond acceptors (Lipinski definition) is 2. The molecule has 0 aliphatic carbocycles. The third-order valence-electron chi connectivity index (χ3n) is 4.26. The Bertz CT molecular complexity index is 645. The molecular formula is C23H33NO. The molecule has 2 aromatic carbocycles. The van der Waals surface area contributed by atoms with Crippen LogP contribution < -0.4 is 0 Å². The smallest absolute Gasteiger partial charge is 0.0789 e. The zero-order valence-electron chi connectivity index (χ0n) is 16.4. The maximum absolute atomic E-state index is 8.07. The van der Waals surface area contributed by atoms with Gasteiger partial charge in [0.1, 0.15) is 0 Å². The lowest BCUT2D eigenvalue weighted by molar-refractivity contribution is 0.287. The van der Waals surface area contributed by atoms with Crippen molar-refractivity contribution in [1.82, 2.24) is 0 Å². The molecule has 1 unspecified atom stereocenters. The Kier molecular flexibility index (Phi) is 9.79. The van der Waals surface area contributed by atoms with Crippen LogP contribution in [0.3, 0.4) is 0 Å². The average molecular weight is 340 g/mol. The fourth-order valence-corrected chi connectivity index (χ4v) is 2.66. The highest BCUT2D eigenvalue weighted by Gasteiger charge is 2.17. The number of rotatable bonds is 3. The monoisotopic (exact) mass is 339 g/mol. The lowest BCUT2D eigenvalue weighted by Gasteiger charge is -2.20. The summed E-state index contributed by atoms with van der Waals surface area (Å²) in [6, 6.07) is 15.4. The summed E-state index contributed by atoms with van der Waals surface area (Å²) in [5, 5.41) is 8.07. The first-order chi connectivity index (χ1) is 12.2. The molecule has 0 spiro atoms. The number of aryl methyl sites for hydroxylation is 2. The summed E-state index contributed by atoms with van der Waals surface area (Å²) < 4.78 is 0. The summed E-state index contributed by atoms with van der Waals surface area (Å²) in [4.78, 5) is 4.69. The molecule has 2 heteroatoms. The van der Waals surface area contributed by atoms with Crippen molar-refractivity contribution in [1.29, 1.82) is 0 Å². The molecule has 2 aromatic rings. The van der Waals surface area contributed by atoms with Gasteiger partial charge in [-0.2, -0.15) is 0 Å². The SMILES string of the molecule is CC.CCCCO.Cc1cc2c(cc1C)CC(c1ccccc1)N=C2. The normalized spacial score (nSPS) is 14.6. The van der Waals surface area contributed by atoms with Crippen LogP contribution >= 0.6 is 0 Å². The summed E-state index contributed by atoms with van der Waals surface area (Å²) in [5.74, 6) is 0. The topological polar surface area (TPSA) is 32.6 Å². The number of fused-ring (bicyclic) bond motifs is 1. The predicted molar refractivity (Wildman–Crippen MR) is 110 cm³/mol. The Hall–Kier alpha value is -1.93. The summed E-state index contributed by atoms with van der Waals surface area (Å²) in [7, 11) is 0. The van der Waals surface area contributed by atoms with E-state index in [2.05, 4.69) is 68.2 Å². The summed E-state index contributed by atoms with van der Waals surface area (Å²) in [6.07, 6.45) is 5.08. The molecule has 1 atom stereocenters. The highest BCUT2D eigenvalue weighted by atomic mass is 16.2. The van der Waals surface area contributed by atoms with Gasteiger partial charge >= 0.3 is 0 Å². The Labute approximate surface area is 153 Å². The summed E-state index contributed by atoms with van der Waals surface area (Å²) >= 11 is 0. The van der Waals surface area contributed by atoms with Crippen molar-refractivity contribution >= 4 is 6.21 Å². The van der Waals surface area contributed by atoms with Crippen molar-refractivity contribution in [3.63, 3.8) is 0 Å². The first-order valence-electron chi connectivity index (χ1n) is 9.44. The largest absolute Gasteiger partial charge is 0.396 e. The minimum atomic E-state index is 0.279. The quantitative estimate of drug-likeness (QED) is 0.750. The van der Waals surface area contributed by atoms with Crippen molar-refractivity contribution in [2.45, 2.75) is 59.9 Å². The second-order valence-corrected chi connectivity index (χ2v) is 6.12. The van der Waals surface area contributed by atoms with Gasteiger partial charge < -0.3 is 5.11 Å². The minimum Gasteiger partial charge on any atom is -0.396 e.